The van der Waals surface area contributed by atoms with Crippen LogP contribution in [0.4, 0.5) is 10.6 Å². The molecule has 0 aliphatic carbocycles. The maximum atomic E-state index is 12.9. The largest absolute Gasteiger partial charge is 0.497 e. The molecule has 3 N–H and O–H groups in total. The number of nitrogens with one attached hydrogen (secondary N) is 3. The van der Waals surface area contributed by atoms with Crippen LogP contribution in [0.25, 0.3) is 0 Å². The van der Waals surface area contributed by atoms with Crippen LogP contribution in [0.3, 0.4) is 0 Å². The van der Waals surface area contributed by atoms with Crippen LogP contribution >= 0.6 is 0 Å². The molecule has 2 atom stereocenters. The van der Waals surface area contributed by atoms with Gasteiger partial charge in [0.2, 0.25) is 10.0 Å². The highest BCUT2D eigenvalue weighted by Crippen LogP contribution is 2.26. The van der Waals surface area contributed by atoms with Gasteiger partial charge in [0, 0.05) is 25.8 Å². The Morgan fingerprint density at radius 3 is 2.39 bits per heavy atom. The van der Waals surface area contributed by atoms with Crippen LogP contribution in [0.2, 0.25) is 0 Å². The number of urea groups is 1. The Labute approximate surface area is 183 Å². The van der Waals surface area contributed by atoms with E-state index in [0.717, 1.165) is 17.7 Å². The number of nitrogens with zero attached hydrogens (tertiary/aromatic N) is 2. The number of hydrazine groups is 1. The molecule has 0 radical (unpaired) electrons. The van der Waals surface area contributed by atoms with Crippen molar-refractivity contribution in [2.24, 2.45) is 11.8 Å². The standard InChI is InChI=1S/C21H29N5O4S/c1-15-10-16(2)14-26(13-15)31(28,29)19-8-9-20(22-12-19)24-25-21(27)23-11-17-4-6-18(30-3)7-5-17/h4-9,12,15-16H,10-11,13-14H2,1-3H3,(H,22,24)(H2,23,25,27)/t15-,16-/m0/s1. The van der Waals surface area contributed by atoms with Crippen molar-refractivity contribution in [1.29, 1.82) is 0 Å². The van der Waals surface area contributed by atoms with E-state index in [1.165, 1.54) is 22.6 Å². The number of methoxy groups -OCH3 is 1. The van der Waals surface area contributed by atoms with Crippen LogP contribution in [0.15, 0.2) is 47.5 Å². The molecular formula is C21H29N5O4S. The second-order valence-corrected chi connectivity index (χ2v) is 9.87. The van der Waals surface area contributed by atoms with Crippen molar-refractivity contribution in [2.45, 2.75) is 31.7 Å². The lowest BCUT2D eigenvalue weighted by Gasteiger charge is -2.33. The van der Waals surface area contributed by atoms with Gasteiger partial charge in [-0.1, -0.05) is 26.0 Å². The Kier molecular flexibility index (Phi) is 7.34. The summed E-state index contributed by atoms with van der Waals surface area (Å²) in [5, 5.41) is 2.71. The monoisotopic (exact) mass is 447 g/mol. The SMILES string of the molecule is COc1ccc(CNC(=O)NNc2ccc(S(=O)(=O)N3C[C@@H](C)C[C@H](C)C3)cn2)cc1. The number of anilines is 1. The average molecular weight is 448 g/mol. The van der Waals surface area contributed by atoms with Crippen molar-refractivity contribution < 1.29 is 17.9 Å². The van der Waals surface area contributed by atoms with Gasteiger partial charge in [0.05, 0.1) is 7.11 Å². The van der Waals surface area contributed by atoms with Crippen molar-refractivity contribution >= 4 is 21.9 Å². The van der Waals surface area contributed by atoms with E-state index in [1.54, 1.807) is 7.11 Å². The summed E-state index contributed by atoms with van der Waals surface area (Å²) in [6.07, 6.45) is 2.33. The Hall–Kier alpha value is -2.85. The quantitative estimate of drug-likeness (QED) is 0.563. The summed E-state index contributed by atoms with van der Waals surface area (Å²) in [6.45, 7) is 5.50. The van der Waals surface area contributed by atoms with E-state index in [4.69, 9.17) is 4.74 Å². The van der Waals surface area contributed by atoms with E-state index < -0.39 is 16.1 Å². The smallest absolute Gasteiger partial charge is 0.333 e. The lowest BCUT2D eigenvalue weighted by molar-refractivity contribution is 0.222. The number of hydrogen-bond donors (Lipinski definition) is 3. The first-order valence-corrected chi connectivity index (χ1v) is 11.6. The van der Waals surface area contributed by atoms with E-state index in [0.29, 0.717) is 37.3 Å². The Morgan fingerprint density at radius 1 is 1.13 bits per heavy atom. The van der Waals surface area contributed by atoms with Gasteiger partial charge in [-0.3, -0.25) is 10.9 Å². The number of hydrogen-bond acceptors (Lipinski definition) is 6. The molecule has 168 valence electrons. The minimum Gasteiger partial charge on any atom is -0.497 e. The molecule has 1 aromatic heterocycles. The zero-order chi connectivity index (χ0) is 22.4. The van der Waals surface area contributed by atoms with E-state index in [9.17, 15) is 13.2 Å². The number of carbonyl (C=O) groups is 1. The Morgan fingerprint density at radius 2 is 1.81 bits per heavy atom. The van der Waals surface area contributed by atoms with E-state index in [-0.39, 0.29) is 4.90 Å². The molecule has 1 aliphatic heterocycles. The molecule has 1 saturated heterocycles. The Balaban J connectivity index is 1.51. The van der Waals surface area contributed by atoms with Gasteiger partial charge in [-0.2, -0.15) is 4.31 Å². The maximum absolute atomic E-state index is 12.9. The highest BCUT2D eigenvalue weighted by atomic mass is 32.2. The lowest BCUT2D eigenvalue weighted by atomic mass is 9.94. The third-order valence-electron chi connectivity index (χ3n) is 5.13. The molecule has 3 rings (SSSR count). The van der Waals surface area contributed by atoms with Gasteiger partial charge in [-0.15, -0.1) is 0 Å². The topological polar surface area (TPSA) is 113 Å². The number of sulfonamides is 1. The number of pyridine rings is 1. The van der Waals surface area contributed by atoms with Gasteiger partial charge < -0.3 is 10.1 Å². The van der Waals surface area contributed by atoms with E-state index in [2.05, 4.69) is 35.0 Å². The summed E-state index contributed by atoms with van der Waals surface area (Å²) in [4.78, 5) is 16.2. The number of aromatic nitrogens is 1. The predicted molar refractivity (Wildman–Crippen MR) is 118 cm³/mol. The van der Waals surface area contributed by atoms with Crippen molar-refractivity contribution in [2.75, 3.05) is 25.6 Å². The second-order valence-electron chi connectivity index (χ2n) is 7.93. The van der Waals surface area contributed by atoms with Gasteiger partial charge in [0.1, 0.15) is 16.5 Å². The van der Waals surface area contributed by atoms with Crippen LogP contribution in [0, 0.1) is 11.8 Å². The number of ether oxygens (including phenoxy) is 1. The van der Waals surface area contributed by atoms with E-state index in [1.807, 2.05) is 24.3 Å². The summed E-state index contributed by atoms with van der Waals surface area (Å²) in [7, 11) is -1.99. The first-order valence-electron chi connectivity index (χ1n) is 10.2. The molecule has 2 aromatic rings. The molecule has 0 spiro atoms. The number of benzene rings is 1. The highest BCUT2D eigenvalue weighted by molar-refractivity contribution is 7.89. The summed E-state index contributed by atoms with van der Waals surface area (Å²) in [5.41, 5.74) is 6.07. The van der Waals surface area contributed by atoms with E-state index >= 15 is 0 Å². The summed E-state index contributed by atoms with van der Waals surface area (Å²) in [5.74, 6) is 1.73. The van der Waals surface area contributed by atoms with Crippen molar-refractivity contribution in [1.82, 2.24) is 20.0 Å². The molecule has 0 saturated carbocycles. The molecular weight excluding hydrogens is 418 g/mol. The minimum atomic E-state index is -3.59. The van der Waals surface area contributed by atoms with Crippen LogP contribution in [-0.4, -0.2) is 43.9 Å². The number of carbonyl (C=O) groups excluding carboxylic acids is 1. The van der Waals surface area contributed by atoms with Gasteiger partial charge in [-0.25, -0.2) is 18.2 Å². The number of rotatable bonds is 7. The van der Waals surface area contributed by atoms with Crippen LogP contribution in [0.5, 0.6) is 5.75 Å². The first kappa shape index (κ1) is 22.8. The Bertz CT molecular complexity index is 970. The zero-order valence-corrected chi connectivity index (χ0v) is 18.8. The van der Waals surface area contributed by atoms with Gasteiger partial charge in [-0.05, 0) is 48.1 Å². The fourth-order valence-corrected chi connectivity index (χ4v) is 5.27. The third kappa shape index (κ3) is 6.08. The van der Waals surface area contributed by atoms with Gasteiger partial charge in [0.25, 0.3) is 0 Å². The van der Waals surface area contributed by atoms with Crippen LogP contribution in [0.1, 0.15) is 25.8 Å². The van der Waals surface area contributed by atoms with Crippen LogP contribution < -0.4 is 20.9 Å². The first-order chi connectivity index (χ1) is 14.8. The molecule has 2 heterocycles. The fraction of sp³-hybridized carbons (Fsp3) is 0.429. The molecule has 1 aliphatic rings. The van der Waals surface area contributed by atoms with Crippen molar-refractivity contribution in [3.8, 4) is 5.75 Å². The molecule has 1 aromatic carbocycles. The highest BCUT2D eigenvalue weighted by Gasteiger charge is 2.31. The van der Waals surface area contributed by atoms with Gasteiger partial charge in [0.15, 0.2) is 0 Å². The van der Waals surface area contributed by atoms with Crippen LogP contribution in [-0.2, 0) is 16.6 Å². The molecule has 0 unspecified atom stereocenters. The summed E-state index contributed by atoms with van der Waals surface area (Å²) >= 11 is 0. The second kappa shape index (κ2) is 9.97. The molecule has 31 heavy (non-hydrogen) atoms. The molecule has 9 nitrogen and oxygen atoms in total. The lowest BCUT2D eigenvalue weighted by Crippen LogP contribution is -2.42. The molecule has 10 heteroatoms. The van der Waals surface area contributed by atoms with Gasteiger partial charge >= 0.3 is 6.03 Å². The molecule has 2 amide bonds. The molecule has 1 fully saturated rings. The zero-order valence-electron chi connectivity index (χ0n) is 18.0. The normalized spacial score (nSPS) is 19.5. The predicted octanol–water partition coefficient (Wildman–Crippen LogP) is 2.58. The average Bonchev–Trinajstić information content (AvgIpc) is 2.76. The maximum Gasteiger partial charge on any atom is 0.333 e. The van der Waals surface area contributed by atoms with Crippen molar-refractivity contribution in [3.63, 3.8) is 0 Å². The summed E-state index contributed by atoms with van der Waals surface area (Å²) in [6, 6.07) is 9.92. The third-order valence-corrected chi connectivity index (χ3v) is 6.94. The summed E-state index contributed by atoms with van der Waals surface area (Å²) < 4.78 is 32.4. The minimum absolute atomic E-state index is 0.142. The fourth-order valence-electron chi connectivity index (χ4n) is 3.65. The number of amides is 2. The number of piperidine rings is 1. The van der Waals surface area contributed by atoms with Crippen molar-refractivity contribution in [3.05, 3.63) is 48.2 Å². The molecule has 0 bridgehead atoms.